The average Bonchev–Trinajstić information content (AvgIpc) is 2.29. The fourth-order valence-electron chi connectivity index (χ4n) is 1.21. The summed E-state index contributed by atoms with van der Waals surface area (Å²) in [5.74, 6) is -3.49. The molecule has 0 bridgehead atoms. The van der Waals surface area contributed by atoms with E-state index in [1.807, 2.05) is 0 Å². The third kappa shape index (κ3) is 3.48. The number of Topliss-reactive ketones (excluding diaryl/α,β-unsaturated/α-hetero) is 2. The van der Waals surface area contributed by atoms with E-state index in [-0.39, 0.29) is 12.2 Å². The third-order valence-corrected chi connectivity index (χ3v) is 2.00. The number of hydrogen-bond acceptors (Lipinski definition) is 4. The van der Waals surface area contributed by atoms with Gasteiger partial charge in [-0.3, -0.25) is 9.59 Å². The van der Waals surface area contributed by atoms with E-state index in [9.17, 15) is 18.8 Å². The Hall–Kier alpha value is -2.04. The van der Waals surface area contributed by atoms with Crippen LogP contribution in [0.15, 0.2) is 24.3 Å². The number of hydrogen-bond donors (Lipinski definition) is 0. The second-order valence-electron chi connectivity index (χ2n) is 3.22. The zero-order valence-corrected chi connectivity index (χ0v) is 9.23. The van der Waals surface area contributed by atoms with Gasteiger partial charge in [0.2, 0.25) is 5.78 Å². The second kappa shape index (κ2) is 5.89. The molecule has 1 aromatic carbocycles. The first kappa shape index (κ1) is 13.0. The predicted molar refractivity (Wildman–Crippen MR) is 57.0 cm³/mol. The normalized spacial score (nSPS) is 9.76. The summed E-state index contributed by atoms with van der Waals surface area (Å²) in [5, 5.41) is 0. The Kier molecular flexibility index (Phi) is 4.51. The highest BCUT2D eigenvalue weighted by molar-refractivity contribution is 6.38. The first-order valence-corrected chi connectivity index (χ1v) is 5.04. The van der Waals surface area contributed by atoms with Gasteiger partial charge in [0, 0.05) is 0 Å². The van der Waals surface area contributed by atoms with Crippen molar-refractivity contribution in [1.29, 1.82) is 0 Å². The summed E-state index contributed by atoms with van der Waals surface area (Å²) in [6.45, 7) is 1.60. The molecule has 0 heterocycles. The van der Waals surface area contributed by atoms with Crippen molar-refractivity contribution in [1.82, 2.24) is 0 Å². The molecule has 17 heavy (non-hydrogen) atoms. The second-order valence-corrected chi connectivity index (χ2v) is 3.22. The molecular weight excluding hydrogens is 227 g/mol. The minimum atomic E-state index is -1.07. The number of carbonyl (C=O) groups excluding carboxylic acids is 3. The number of halogens is 1. The third-order valence-electron chi connectivity index (χ3n) is 2.00. The Balaban J connectivity index is 2.71. The smallest absolute Gasteiger partial charge is 0.375 e. The molecule has 0 radical (unpaired) electrons. The van der Waals surface area contributed by atoms with E-state index in [2.05, 4.69) is 4.74 Å². The number of ether oxygens (including phenoxy) is 1. The highest BCUT2D eigenvalue weighted by Crippen LogP contribution is 2.09. The molecule has 0 spiro atoms. The van der Waals surface area contributed by atoms with Gasteiger partial charge in [-0.1, -0.05) is 12.1 Å². The lowest BCUT2D eigenvalue weighted by Crippen LogP contribution is -2.21. The van der Waals surface area contributed by atoms with E-state index >= 15 is 0 Å². The summed E-state index contributed by atoms with van der Waals surface area (Å²) in [6.07, 6.45) is -0.681. The van der Waals surface area contributed by atoms with E-state index in [1.54, 1.807) is 6.92 Å². The lowest BCUT2D eigenvalue weighted by Gasteiger charge is -2.02. The average molecular weight is 238 g/mol. The molecule has 1 aromatic rings. The molecule has 0 aliphatic heterocycles. The van der Waals surface area contributed by atoms with Crippen LogP contribution >= 0.6 is 0 Å². The monoisotopic (exact) mass is 238 g/mol. The fourth-order valence-corrected chi connectivity index (χ4v) is 1.21. The molecule has 5 heteroatoms. The topological polar surface area (TPSA) is 60.4 Å². The van der Waals surface area contributed by atoms with Crippen LogP contribution in [0.2, 0.25) is 0 Å². The Morgan fingerprint density at radius 3 is 2.47 bits per heavy atom. The van der Waals surface area contributed by atoms with E-state index in [0.29, 0.717) is 0 Å². The minimum Gasteiger partial charge on any atom is -0.460 e. The van der Waals surface area contributed by atoms with Gasteiger partial charge >= 0.3 is 5.97 Å². The fraction of sp³-hybridized carbons (Fsp3) is 0.250. The summed E-state index contributed by atoms with van der Waals surface area (Å²) in [4.78, 5) is 33.7. The van der Waals surface area contributed by atoms with E-state index < -0.39 is 29.8 Å². The van der Waals surface area contributed by atoms with Gasteiger partial charge in [0.15, 0.2) is 5.78 Å². The van der Waals surface area contributed by atoms with Crippen LogP contribution in [0.25, 0.3) is 0 Å². The SMILES string of the molecule is CCOC(=O)C(=O)CC(=O)c1ccccc1F. The van der Waals surface area contributed by atoms with Gasteiger partial charge in [-0.15, -0.1) is 0 Å². The molecule has 0 N–H and O–H groups in total. The summed E-state index contributed by atoms with van der Waals surface area (Å²) in [6, 6.07) is 5.28. The molecule has 0 amide bonds. The van der Waals surface area contributed by atoms with Gasteiger partial charge in [0.25, 0.3) is 0 Å². The molecule has 0 aliphatic carbocycles. The molecule has 0 aliphatic rings. The van der Waals surface area contributed by atoms with Gasteiger partial charge in [0.1, 0.15) is 5.82 Å². The lowest BCUT2D eigenvalue weighted by molar-refractivity contribution is -0.153. The van der Waals surface area contributed by atoms with Crippen molar-refractivity contribution in [3.63, 3.8) is 0 Å². The Labute approximate surface area is 97.4 Å². The number of rotatable bonds is 5. The van der Waals surface area contributed by atoms with Crippen LogP contribution in [-0.2, 0) is 14.3 Å². The van der Waals surface area contributed by atoms with Crippen LogP contribution in [-0.4, -0.2) is 24.1 Å². The summed E-state index contributed by atoms with van der Waals surface area (Å²) in [5.41, 5.74) is -0.204. The van der Waals surface area contributed by atoms with Crippen molar-refractivity contribution >= 4 is 17.5 Å². The summed E-state index contributed by atoms with van der Waals surface area (Å²) >= 11 is 0. The van der Waals surface area contributed by atoms with Gasteiger partial charge in [-0.2, -0.15) is 0 Å². The number of benzene rings is 1. The number of ketones is 2. The molecule has 0 saturated carbocycles. The summed E-state index contributed by atoms with van der Waals surface area (Å²) < 4.78 is 17.6. The zero-order valence-electron chi connectivity index (χ0n) is 9.23. The van der Waals surface area contributed by atoms with Crippen LogP contribution < -0.4 is 0 Å². The van der Waals surface area contributed by atoms with Gasteiger partial charge < -0.3 is 4.74 Å². The zero-order chi connectivity index (χ0) is 12.8. The molecule has 1 rings (SSSR count). The Morgan fingerprint density at radius 2 is 1.88 bits per heavy atom. The Bertz CT molecular complexity index is 454. The van der Waals surface area contributed by atoms with Gasteiger partial charge in [0.05, 0.1) is 18.6 Å². The molecule has 0 unspecified atom stereocenters. The maximum absolute atomic E-state index is 13.2. The quantitative estimate of drug-likeness (QED) is 0.338. The molecule has 0 atom stereocenters. The molecule has 0 fully saturated rings. The molecule has 0 saturated heterocycles. The molecule has 0 aromatic heterocycles. The molecular formula is C12H11FO4. The maximum atomic E-state index is 13.2. The standard InChI is InChI=1S/C12H11FO4/c1-2-17-12(16)11(15)7-10(14)8-5-3-4-6-9(8)13/h3-6H,2,7H2,1H3. The lowest BCUT2D eigenvalue weighted by atomic mass is 10.1. The van der Waals surface area contributed by atoms with Crippen molar-refractivity contribution in [2.45, 2.75) is 13.3 Å². The van der Waals surface area contributed by atoms with Crippen molar-refractivity contribution in [3.05, 3.63) is 35.6 Å². The summed E-state index contributed by atoms with van der Waals surface area (Å²) in [7, 11) is 0. The van der Waals surface area contributed by atoms with Gasteiger partial charge in [-0.25, -0.2) is 9.18 Å². The molecule has 4 nitrogen and oxygen atoms in total. The maximum Gasteiger partial charge on any atom is 0.375 e. The van der Waals surface area contributed by atoms with Crippen molar-refractivity contribution in [2.75, 3.05) is 6.61 Å². The first-order valence-electron chi connectivity index (χ1n) is 5.04. The first-order chi connectivity index (χ1) is 8.06. The van der Waals surface area contributed by atoms with E-state index in [0.717, 1.165) is 6.07 Å². The number of carbonyl (C=O) groups is 3. The van der Waals surface area contributed by atoms with Crippen LogP contribution in [0.3, 0.4) is 0 Å². The van der Waals surface area contributed by atoms with Crippen LogP contribution in [0.5, 0.6) is 0 Å². The van der Waals surface area contributed by atoms with Crippen LogP contribution in [0, 0.1) is 5.82 Å². The highest BCUT2D eigenvalue weighted by Gasteiger charge is 2.21. The van der Waals surface area contributed by atoms with Crippen molar-refractivity contribution < 1.29 is 23.5 Å². The van der Waals surface area contributed by atoms with Crippen molar-refractivity contribution in [2.24, 2.45) is 0 Å². The predicted octanol–water partition coefficient (Wildman–Crippen LogP) is 1.53. The van der Waals surface area contributed by atoms with Crippen LogP contribution in [0.4, 0.5) is 4.39 Å². The minimum absolute atomic E-state index is 0.0540. The highest BCUT2D eigenvalue weighted by atomic mass is 19.1. The van der Waals surface area contributed by atoms with E-state index in [1.165, 1.54) is 18.2 Å². The van der Waals surface area contributed by atoms with Gasteiger partial charge in [-0.05, 0) is 19.1 Å². The largest absolute Gasteiger partial charge is 0.460 e. The van der Waals surface area contributed by atoms with Crippen LogP contribution in [0.1, 0.15) is 23.7 Å². The molecule has 90 valence electrons. The van der Waals surface area contributed by atoms with E-state index in [4.69, 9.17) is 0 Å². The van der Waals surface area contributed by atoms with Crippen molar-refractivity contribution in [3.8, 4) is 0 Å². The Morgan fingerprint density at radius 1 is 1.24 bits per heavy atom. The number of esters is 1.